The lowest BCUT2D eigenvalue weighted by Crippen LogP contribution is -2.50. The monoisotopic (exact) mass is 249 g/mol. The molecule has 0 bridgehead atoms. The number of carbonyl (C=O) groups excluding carboxylic acids is 1. The highest BCUT2D eigenvalue weighted by Gasteiger charge is 2.34. The summed E-state index contributed by atoms with van der Waals surface area (Å²) >= 11 is 0. The third-order valence-corrected chi connectivity index (χ3v) is 4.62. The Hall–Kier alpha value is -0.620. The standard InChI is InChI=1S/C10H19NO4S/c1-8(16(2,14)15)10(13)11(6-7-12)9-4-3-5-9/h8-9,12H,3-7H2,1-2H3. The van der Waals surface area contributed by atoms with Gasteiger partial charge in [0.25, 0.3) is 0 Å². The van der Waals surface area contributed by atoms with E-state index >= 15 is 0 Å². The van der Waals surface area contributed by atoms with Crippen LogP contribution in [0.2, 0.25) is 0 Å². The fourth-order valence-electron chi connectivity index (χ4n) is 1.70. The van der Waals surface area contributed by atoms with Gasteiger partial charge in [-0.15, -0.1) is 0 Å². The van der Waals surface area contributed by atoms with Crippen molar-refractivity contribution in [2.75, 3.05) is 19.4 Å². The van der Waals surface area contributed by atoms with Gasteiger partial charge < -0.3 is 10.0 Å². The van der Waals surface area contributed by atoms with Crippen molar-refractivity contribution >= 4 is 15.7 Å². The number of amides is 1. The van der Waals surface area contributed by atoms with Gasteiger partial charge in [-0.05, 0) is 26.2 Å². The summed E-state index contributed by atoms with van der Waals surface area (Å²) in [5, 5.41) is 7.88. The predicted molar refractivity (Wildman–Crippen MR) is 60.7 cm³/mol. The molecule has 6 heteroatoms. The average Bonchev–Trinajstić information content (AvgIpc) is 2.10. The molecule has 1 saturated carbocycles. The van der Waals surface area contributed by atoms with Gasteiger partial charge in [0.05, 0.1) is 6.61 Å². The number of carbonyl (C=O) groups is 1. The molecule has 0 aromatic rings. The fourth-order valence-corrected chi connectivity index (χ4v) is 2.20. The van der Waals surface area contributed by atoms with E-state index in [-0.39, 0.29) is 25.1 Å². The first kappa shape index (κ1) is 13.4. The summed E-state index contributed by atoms with van der Waals surface area (Å²) in [6.45, 7) is 1.50. The van der Waals surface area contributed by atoms with Crippen molar-refractivity contribution in [3.05, 3.63) is 0 Å². The van der Waals surface area contributed by atoms with Crippen molar-refractivity contribution in [3.8, 4) is 0 Å². The van der Waals surface area contributed by atoms with Gasteiger partial charge in [-0.1, -0.05) is 0 Å². The predicted octanol–water partition coefficient (Wildman–Crippen LogP) is -0.207. The Morgan fingerprint density at radius 2 is 2.06 bits per heavy atom. The van der Waals surface area contributed by atoms with Crippen molar-refractivity contribution in [1.82, 2.24) is 4.90 Å². The molecule has 0 spiro atoms. The van der Waals surface area contributed by atoms with Crippen molar-refractivity contribution in [3.63, 3.8) is 0 Å². The first-order chi connectivity index (χ1) is 7.38. The SMILES string of the molecule is CC(C(=O)N(CCO)C1CCC1)S(C)(=O)=O. The van der Waals surface area contributed by atoms with Crippen LogP contribution in [0, 0.1) is 0 Å². The zero-order valence-electron chi connectivity index (χ0n) is 9.72. The maximum absolute atomic E-state index is 11.9. The molecule has 0 heterocycles. The maximum atomic E-state index is 11.9. The molecule has 1 aliphatic rings. The normalized spacial score (nSPS) is 18.9. The summed E-state index contributed by atoms with van der Waals surface area (Å²) in [7, 11) is -3.36. The summed E-state index contributed by atoms with van der Waals surface area (Å²) in [5.41, 5.74) is 0. The molecule has 16 heavy (non-hydrogen) atoms. The van der Waals surface area contributed by atoms with E-state index in [1.807, 2.05) is 0 Å². The minimum Gasteiger partial charge on any atom is -0.395 e. The van der Waals surface area contributed by atoms with Gasteiger partial charge >= 0.3 is 0 Å². The Labute approximate surface area is 96.4 Å². The van der Waals surface area contributed by atoms with Gasteiger partial charge in [-0.2, -0.15) is 0 Å². The Kier molecular flexibility index (Phi) is 4.32. The molecular formula is C10H19NO4S. The minimum atomic E-state index is -3.36. The molecule has 1 atom stereocenters. The molecule has 1 rings (SSSR count). The number of sulfone groups is 1. The van der Waals surface area contributed by atoms with Crippen LogP contribution in [-0.4, -0.2) is 55.0 Å². The number of hydrogen-bond acceptors (Lipinski definition) is 4. The van der Waals surface area contributed by atoms with Crippen LogP contribution >= 0.6 is 0 Å². The molecule has 0 aromatic carbocycles. The molecule has 0 aliphatic heterocycles. The highest BCUT2D eigenvalue weighted by atomic mass is 32.2. The number of rotatable bonds is 5. The van der Waals surface area contributed by atoms with E-state index in [2.05, 4.69) is 0 Å². The second-order valence-corrected chi connectivity index (χ2v) is 6.68. The topological polar surface area (TPSA) is 74.7 Å². The molecule has 1 fully saturated rings. The summed E-state index contributed by atoms with van der Waals surface area (Å²) < 4.78 is 22.6. The second-order valence-electron chi connectivity index (χ2n) is 4.31. The van der Waals surface area contributed by atoms with E-state index in [0.29, 0.717) is 0 Å². The molecule has 1 N–H and O–H groups in total. The molecule has 0 saturated heterocycles. The molecule has 5 nitrogen and oxygen atoms in total. The Morgan fingerprint density at radius 3 is 2.38 bits per heavy atom. The van der Waals surface area contributed by atoms with Crippen LogP contribution < -0.4 is 0 Å². The third kappa shape index (κ3) is 2.95. The molecule has 94 valence electrons. The van der Waals surface area contributed by atoms with Crippen LogP contribution in [0.15, 0.2) is 0 Å². The summed E-state index contributed by atoms with van der Waals surface area (Å²) in [6, 6.07) is 0.115. The van der Waals surface area contributed by atoms with E-state index in [1.54, 1.807) is 0 Å². The van der Waals surface area contributed by atoms with Crippen LogP contribution in [0.5, 0.6) is 0 Å². The van der Waals surface area contributed by atoms with Gasteiger partial charge in [-0.25, -0.2) is 8.42 Å². The first-order valence-corrected chi connectivity index (χ1v) is 7.43. The van der Waals surface area contributed by atoms with Crippen LogP contribution in [-0.2, 0) is 14.6 Å². The van der Waals surface area contributed by atoms with Crippen LogP contribution in [0.1, 0.15) is 26.2 Å². The molecule has 1 unspecified atom stereocenters. The van der Waals surface area contributed by atoms with Crippen molar-refractivity contribution < 1.29 is 18.3 Å². The van der Waals surface area contributed by atoms with Crippen LogP contribution in [0.25, 0.3) is 0 Å². The number of aliphatic hydroxyl groups excluding tert-OH is 1. The van der Waals surface area contributed by atoms with E-state index in [0.717, 1.165) is 25.5 Å². The maximum Gasteiger partial charge on any atom is 0.240 e. The minimum absolute atomic E-state index is 0.115. The third-order valence-electron chi connectivity index (χ3n) is 3.13. The zero-order valence-corrected chi connectivity index (χ0v) is 10.5. The van der Waals surface area contributed by atoms with Gasteiger partial charge in [0, 0.05) is 18.8 Å². The molecular weight excluding hydrogens is 230 g/mol. The molecule has 1 amide bonds. The number of nitrogens with zero attached hydrogens (tertiary/aromatic N) is 1. The fraction of sp³-hybridized carbons (Fsp3) is 0.900. The largest absolute Gasteiger partial charge is 0.395 e. The van der Waals surface area contributed by atoms with Crippen LogP contribution in [0.4, 0.5) is 0 Å². The smallest absolute Gasteiger partial charge is 0.240 e. The highest BCUT2D eigenvalue weighted by Crippen LogP contribution is 2.25. The second kappa shape index (κ2) is 5.14. The molecule has 1 aliphatic carbocycles. The van der Waals surface area contributed by atoms with E-state index in [1.165, 1.54) is 11.8 Å². The van der Waals surface area contributed by atoms with Gasteiger partial charge in [0.1, 0.15) is 5.25 Å². The van der Waals surface area contributed by atoms with Gasteiger partial charge in [0.15, 0.2) is 9.84 Å². The van der Waals surface area contributed by atoms with E-state index in [4.69, 9.17) is 5.11 Å². The Bertz CT molecular complexity index is 348. The molecule has 0 radical (unpaired) electrons. The van der Waals surface area contributed by atoms with Crippen molar-refractivity contribution in [2.45, 2.75) is 37.5 Å². The van der Waals surface area contributed by atoms with Gasteiger partial charge in [-0.3, -0.25) is 4.79 Å². The first-order valence-electron chi connectivity index (χ1n) is 5.48. The van der Waals surface area contributed by atoms with E-state index in [9.17, 15) is 13.2 Å². The lowest BCUT2D eigenvalue weighted by atomic mass is 9.91. The van der Waals surface area contributed by atoms with Crippen molar-refractivity contribution in [2.24, 2.45) is 0 Å². The average molecular weight is 249 g/mol. The summed E-state index contributed by atoms with van der Waals surface area (Å²) in [6.07, 6.45) is 3.94. The quantitative estimate of drug-likeness (QED) is 0.732. The zero-order chi connectivity index (χ0) is 12.3. The van der Waals surface area contributed by atoms with Crippen molar-refractivity contribution in [1.29, 1.82) is 0 Å². The number of aliphatic hydroxyl groups is 1. The Morgan fingerprint density at radius 1 is 1.50 bits per heavy atom. The lowest BCUT2D eigenvalue weighted by molar-refractivity contribution is -0.135. The number of hydrogen-bond donors (Lipinski definition) is 1. The lowest BCUT2D eigenvalue weighted by Gasteiger charge is -2.38. The summed E-state index contributed by atoms with van der Waals surface area (Å²) in [4.78, 5) is 13.5. The Balaban J connectivity index is 2.74. The molecule has 0 aromatic heterocycles. The summed E-state index contributed by atoms with van der Waals surface area (Å²) in [5.74, 6) is -0.388. The highest BCUT2D eigenvalue weighted by molar-refractivity contribution is 7.92. The van der Waals surface area contributed by atoms with Gasteiger partial charge in [0.2, 0.25) is 5.91 Å². The van der Waals surface area contributed by atoms with E-state index < -0.39 is 15.1 Å². The van der Waals surface area contributed by atoms with Crippen LogP contribution in [0.3, 0.4) is 0 Å².